The summed E-state index contributed by atoms with van der Waals surface area (Å²) in [6, 6.07) is 23.9. The van der Waals surface area contributed by atoms with Crippen LogP contribution in [0.2, 0.25) is 0 Å². The molecule has 4 rings (SSSR count). The van der Waals surface area contributed by atoms with Gasteiger partial charge in [0.25, 0.3) is 0 Å². The first-order chi connectivity index (χ1) is 12.2. The Labute approximate surface area is 144 Å². The van der Waals surface area contributed by atoms with Gasteiger partial charge >= 0.3 is 5.76 Å². The van der Waals surface area contributed by atoms with Gasteiger partial charge in [-0.05, 0) is 23.8 Å². The highest BCUT2D eigenvalue weighted by Gasteiger charge is 2.14. The minimum atomic E-state index is -0.428. The van der Waals surface area contributed by atoms with Crippen molar-refractivity contribution in [2.45, 2.75) is 6.54 Å². The van der Waals surface area contributed by atoms with E-state index in [2.05, 4.69) is 0 Å². The molecule has 1 heterocycles. The molecule has 0 spiro atoms. The summed E-state index contributed by atoms with van der Waals surface area (Å²) in [6.07, 6.45) is 0. The SMILES string of the molecule is O=C(c1ccccc1)c1ccc2c(c1)oc(=O)n2Cc1ccccc1. The summed E-state index contributed by atoms with van der Waals surface area (Å²) in [7, 11) is 0. The van der Waals surface area contributed by atoms with Crippen LogP contribution in [0.15, 0.2) is 88.1 Å². The average Bonchev–Trinajstić information content (AvgIpc) is 2.97. The number of rotatable bonds is 4. The molecule has 0 atom stereocenters. The Morgan fingerprint density at radius 3 is 2.24 bits per heavy atom. The Hall–Kier alpha value is -3.40. The molecule has 0 radical (unpaired) electrons. The number of benzene rings is 3. The minimum absolute atomic E-state index is 0.0963. The third kappa shape index (κ3) is 2.90. The quantitative estimate of drug-likeness (QED) is 0.534. The number of hydrogen-bond donors (Lipinski definition) is 0. The third-order valence-corrected chi connectivity index (χ3v) is 4.15. The molecule has 4 heteroatoms. The highest BCUT2D eigenvalue weighted by Crippen LogP contribution is 2.19. The predicted molar refractivity (Wildman–Crippen MR) is 95.9 cm³/mol. The first-order valence-electron chi connectivity index (χ1n) is 7.99. The summed E-state index contributed by atoms with van der Waals surface area (Å²) in [4.78, 5) is 24.8. The zero-order chi connectivity index (χ0) is 17.2. The molecular weight excluding hydrogens is 314 g/mol. The second kappa shape index (κ2) is 6.24. The van der Waals surface area contributed by atoms with Crippen molar-refractivity contribution in [3.63, 3.8) is 0 Å². The number of carbonyl (C=O) groups is 1. The van der Waals surface area contributed by atoms with Gasteiger partial charge in [0.15, 0.2) is 11.4 Å². The molecule has 0 aliphatic carbocycles. The van der Waals surface area contributed by atoms with Gasteiger partial charge in [-0.2, -0.15) is 0 Å². The zero-order valence-electron chi connectivity index (χ0n) is 13.4. The van der Waals surface area contributed by atoms with E-state index in [4.69, 9.17) is 4.42 Å². The smallest absolute Gasteiger partial charge is 0.408 e. The molecule has 122 valence electrons. The highest BCUT2D eigenvalue weighted by atomic mass is 16.4. The Kier molecular flexibility index (Phi) is 3.78. The normalized spacial score (nSPS) is 10.9. The molecule has 0 unspecified atom stereocenters. The van der Waals surface area contributed by atoms with Crippen LogP contribution in [0.3, 0.4) is 0 Å². The fourth-order valence-electron chi connectivity index (χ4n) is 2.88. The maximum absolute atomic E-state index is 12.5. The summed E-state index contributed by atoms with van der Waals surface area (Å²) in [5, 5.41) is 0. The summed E-state index contributed by atoms with van der Waals surface area (Å²) >= 11 is 0. The predicted octanol–water partition coefficient (Wildman–Crippen LogP) is 3.87. The van der Waals surface area contributed by atoms with Crippen molar-refractivity contribution >= 4 is 16.9 Å². The molecule has 0 aliphatic heterocycles. The van der Waals surface area contributed by atoms with Gasteiger partial charge in [-0.25, -0.2) is 4.79 Å². The fourth-order valence-corrected chi connectivity index (χ4v) is 2.88. The van der Waals surface area contributed by atoms with Crippen LogP contribution in [0.5, 0.6) is 0 Å². The van der Waals surface area contributed by atoms with Gasteiger partial charge in [0.1, 0.15) is 0 Å². The van der Waals surface area contributed by atoms with Crippen LogP contribution < -0.4 is 5.76 Å². The van der Waals surface area contributed by atoms with Crippen LogP contribution in [0.1, 0.15) is 21.5 Å². The number of hydrogen-bond acceptors (Lipinski definition) is 3. The molecule has 4 nitrogen and oxygen atoms in total. The summed E-state index contributed by atoms with van der Waals surface area (Å²) < 4.78 is 6.92. The van der Waals surface area contributed by atoms with Crippen molar-refractivity contribution in [3.8, 4) is 0 Å². The van der Waals surface area contributed by atoms with E-state index in [1.54, 1.807) is 34.9 Å². The third-order valence-electron chi connectivity index (χ3n) is 4.15. The molecule has 1 aromatic heterocycles. The first kappa shape index (κ1) is 15.1. The van der Waals surface area contributed by atoms with Gasteiger partial charge in [0.2, 0.25) is 0 Å². The fraction of sp³-hybridized carbons (Fsp3) is 0.0476. The Balaban J connectivity index is 1.73. The Bertz CT molecular complexity index is 1090. The molecule has 3 aromatic carbocycles. The lowest BCUT2D eigenvalue weighted by molar-refractivity contribution is 0.103. The van der Waals surface area contributed by atoms with E-state index in [1.165, 1.54) is 0 Å². The van der Waals surface area contributed by atoms with Crippen molar-refractivity contribution in [3.05, 3.63) is 106 Å². The maximum Gasteiger partial charge on any atom is 0.420 e. The summed E-state index contributed by atoms with van der Waals surface area (Å²) in [5.74, 6) is -0.524. The second-order valence-corrected chi connectivity index (χ2v) is 5.82. The van der Waals surface area contributed by atoms with Crippen molar-refractivity contribution in [2.24, 2.45) is 0 Å². The second-order valence-electron chi connectivity index (χ2n) is 5.82. The Morgan fingerprint density at radius 1 is 0.840 bits per heavy atom. The van der Waals surface area contributed by atoms with Crippen LogP contribution in [-0.4, -0.2) is 10.4 Å². The van der Waals surface area contributed by atoms with Gasteiger partial charge in [0, 0.05) is 11.1 Å². The van der Waals surface area contributed by atoms with E-state index >= 15 is 0 Å². The number of aromatic nitrogens is 1. The molecule has 25 heavy (non-hydrogen) atoms. The van der Waals surface area contributed by atoms with Gasteiger partial charge in [-0.1, -0.05) is 60.7 Å². The van der Waals surface area contributed by atoms with Crippen molar-refractivity contribution in [1.29, 1.82) is 0 Å². The molecule has 0 saturated carbocycles. The molecule has 0 N–H and O–H groups in total. The van der Waals surface area contributed by atoms with Gasteiger partial charge in [-0.15, -0.1) is 0 Å². The van der Waals surface area contributed by atoms with Crippen LogP contribution in [-0.2, 0) is 6.54 Å². The number of fused-ring (bicyclic) bond motifs is 1. The highest BCUT2D eigenvalue weighted by molar-refractivity contribution is 6.10. The number of ketones is 1. The van der Waals surface area contributed by atoms with Gasteiger partial charge < -0.3 is 4.42 Å². The first-order valence-corrected chi connectivity index (χ1v) is 7.99. The zero-order valence-corrected chi connectivity index (χ0v) is 13.4. The molecular formula is C21H15NO3. The molecule has 4 aromatic rings. The number of carbonyl (C=O) groups excluding carboxylic acids is 1. The average molecular weight is 329 g/mol. The molecule has 0 bridgehead atoms. The van der Waals surface area contributed by atoms with E-state index < -0.39 is 5.76 Å². The van der Waals surface area contributed by atoms with Crippen LogP contribution in [0.25, 0.3) is 11.1 Å². The summed E-state index contributed by atoms with van der Waals surface area (Å²) in [6.45, 7) is 0.429. The lowest BCUT2D eigenvalue weighted by Crippen LogP contribution is -2.14. The standard InChI is InChI=1S/C21H15NO3/c23-20(16-9-5-2-6-10-16)17-11-12-18-19(13-17)25-21(24)22(18)14-15-7-3-1-4-8-15/h1-13H,14H2. The number of oxazole rings is 1. The molecule has 0 aliphatic rings. The van der Waals surface area contributed by atoms with Crippen LogP contribution in [0, 0.1) is 0 Å². The summed E-state index contributed by atoms with van der Waals surface area (Å²) in [5.41, 5.74) is 3.21. The van der Waals surface area contributed by atoms with E-state index in [9.17, 15) is 9.59 Å². The van der Waals surface area contributed by atoms with E-state index in [-0.39, 0.29) is 5.78 Å². The van der Waals surface area contributed by atoms with Crippen LogP contribution in [0.4, 0.5) is 0 Å². The van der Waals surface area contributed by atoms with E-state index in [0.717, 1.165) is 5.56 Å². The minimum Gasteiger partial charge on any atom is -0.408 e. The topological polar surface area (TPSA) is 52.2 Å². The van der Waals surface area contributed by atoms with E-state index in [0.29, 0.717) is 28.8 Å². The Morgan fingerprint density at radius 2 is 1.52 bits per heavy atom. The lowest BCUT2D eigenvalue weighted by Gasteiger charge is -2.04. The monoisotopic (exact) mass is 329 g/mol. The van der Waals surface area contributed by atoms with E-state index in [1.807, 2.05) is 48.5 Å². The van der Waals surface area contributed by atoms with Gasteiger partial charge in [0.05, 0.1) is 12.1 Å². The molecule has 0 amide bonds. The van der Waals surface area contributed by atoms with Crippen molar-refractivity contribution in [1.82, 2.24) is 4.57 Å². The van der Waals surface area contributed by atoms with Crippen molar-refractivity contribution in [2.75, 3.05) is 0 Å². The maximum atomic E-state index is 12.5. The number of nitrogens with zero attached hydrogens (tertiary/aromatic N) is 1. The largest absolute Gasteiger partial charge is 0.420 e. The molecule has 0 fully saturated rings. The molecule has 0 saturated heterocycles. The lowest BCUT2D eigenvalue weighted by atomic mass is 10.0. The van der Waals surface area contributed by atoms with Crippen molar-refractivity contribution < 1.29 is 9.21 Å². The van der Waals surface area contributed by atoms with Crippen LogP contribution >= 0.6 is 0 Å². The van der Waals surface area contributed by atoms with Gasteiger partial charge in [-0.3, -0.25) is 9.36 Å².